The summed E-state index contributed by atoms with van der Waals surface area (Å²) < 4.78 is 82.9. The smallest absolute Gasteiger partial charge is 0.377 e. The minimum atomic E-state index is -4.66. The first-order chi connectivity index (χ1) is 16.4. The molecular weight excluding hydrogens is 485 g/mol. The molecule has 0 atom stereocenters. The third-order valence-corrected chi connectivity index (χ3v) is 8.22. The highest BCUT2D eigenvalue weighted by molar-refractivity contribution is 6.76. The molecule has 1 saturated heterocycles. The van der Waals surface area contributed by atoms with Gasteiger partial charge in [0.1, 0.15) is 12.4 Å². The van der Waals surface area contributed by atoms with Crippen LogP contribution in [0.25, 0.3) is 16.6 Å². The number of pyridine rings is 1. The van der Waals surface area contributed by atoms with Gasteiger partial charge in [-0.1, -0.05) is 25.7 Å². The molecule has 0 aromatic carbocycles. The van der Waals surface area contributed by atoms with Crippen molar-refractivity contribution >= 4 is 30.4 Å². The molecule has 0 spiro atoms. The Morgan fingerprint density at radius 1 is 1.17 bits per heavy atom. The van der Waals surface area contributed by atoms with E-state index in [0.717, 1.165) is 23.5 Å². The Morgan fingerprint density at radius 2 is 1.89 bits per heavy atom. The molecule has 4 rings (SSSR count). The summed E-state index contributed by atoms with van der Waals surface area (Å²) in [5, 5.41) is 0.307. The van der Waals surface area contributed by atoms with Crippen LogP contribution in [-0.2, 0) is 22.4 Å². The van der Waals surface area contributed by atoms with E-state index in [1.165, 1.54) is 4.90 Å². The van der Waals surface area contributed by atoms with Crippen molar-refractivity contribution in [2.45, 2.75) is 63.8 Å². The monoisotopic (exact) mass is 517 g/mol. The maximum atomic E-state index is 14.0. The molecule has 0 amide bonds. The lowest BCUT2D eigenvalue weighted by Gasteiger charge is -2.35. The van der Waals surface area contributed by atoms with Gasteiger partial charge in [0.25, 0.3) is 5.92 Å². The number of hydrogen-bond acceptors (Lipinski definition) is 4. The quantitative estimate of drug-likeness (QED) is 0.242. The van der Waals surface area contributed by atoms with Gasteiger partial charge >= 0.3 is 6.18 Å². The number of alkyl halides is 5. The Kier molecular flexibility index (Phi) is 7.32. The molecule has 2 aliphatic rings. The number of fused-ring (bicyclic) bond motifs is 1. The SMILES string of the molecule is C[Si](C)(C)CCOCn1c(C2=CCOCC2)cc2c(N3CCC(F)(F)CC3)c(C(F)(F)F)cnc21. The fourth-order valence-corrected chi connectivity index (χ4v) is 5.24. The third kappa shape index (κ3) is 6.06. The van der Waals surface area contributed by atoms with Gasteiger partial charge in [-0.25, -0.2) is 13.8 Å². The van der Waals surface area contributed by atoms with Gasteiger partial charge in [0.2, 0.25) is 0 Å². The van der Waals surface area contributed by atoms with Gasteiger partial charge in [-0.3, -0.25) is 0 Å². The lowest BCUT2D eigenvalue weighted by Crippen LogP contribution is -2.40. The number of nitrogens with zero attached hydrogens (tertiary/aromatic N) is 3. The van der Waals surface area contributed by atoms with Crippen LogP contribution in [0, 0.1) is 0 Å². The van der Waals surface area contributed by atoms with E-state index in [0.29, 0.717) is 37.3 Å². The van der Waals surface area contributed by atoms with E-state index >= 15 is 0 Å². The van der Waals surface area contributed by atoms with E-state index in [9.17, 15) is 22.0 Å². The normalized spacial score (nSPS) is 19.3. The van der Waals surface area contributed by atoms with Crippen LogP contribution in [0.1, 0.15) is 30.5 Å². The third-order valence-electron chi connectivity index (χ3n) is 6.52. The molecule has 0 aliphatic carbocycles. The predicted octanol–water partition coefficient (Wildman–Crippen LogP) is 6.41. The van der Waals surface area contributed by atoms with Crippen LogP contribution in [-0.4, -0.2) is 56.5 Å². The van der Waals surface area contributed by atoms with Crippen molar-refractivity contribution in [1.82, 2.24) is 9.55 Å². The summed E-state index contributed by atoms with van der Waals surface area (Å²) >= 11 is 0. The Bertz CT molecular complexity index is 1080. The highest BCUT2D eigenvalue weighted by Crippen LogP contribution is 2.44. The first-order valence-electron chi connectivity index (χ1n) is 11.9. The summed E-state index contributed by atoms with van der Waals surface area (Å²) in [6, 6.07) is 2.66. The summed E-state index contributed by atoms with van der Waals surface area (Å²) in [6.07, 6.45) is -2.27. The van der Waals surface area contributed by atoms with Gasteiger partial charge in [-0.2, -0.15) is 13.2 Å². The number of aromatic nitrogens is 2. The molecule has 4 heterocycles. The molecular formula is C24H32F5N3O2Si. The highest BCUT2D eigenvalue weighted by Gasteiger charge is 2.41. The Balaban J connectivity index is 1.80. The van der Waals surface area contributed by atoms with Crippen molar-refractivity contribution in [2.75, 3.05) is 37.8 Å². The van der Waals surface area contributed by atoms with E-state index in [1.54, 1.807) is 10.6 Å². The fraction of sp³-hybridized carbons (Fsp3) is 0.625. The zero-order valence-electron chi connectivity index (χ0n) is 20.4. The van der Waals surface area contributed by atoms with Gasteiger partial charge in [0, 0.05) is 57.9 Å². The van der Waals surface area contributed by atoms with Crippen molar-refractivity contribution < 1.29 is 31.4 Å². The summed E-state index contributed by atoms with van der Waals surface area (Å²) in [4.78, 5) is 5.65. The summed E-state index contributed by atoms with van der Waals surface area (Å²) in [6.45, 7) is 8.06. The number of piperidine rings is 1. The topological polar surface area (TPSA) is 39.5 Å². The van der Waals surface area contributed by atoms with Crippen molar-refractivity contribution in [1.29, 1.82) is 0 Å². The molecule has 0 radical (unpaired) electrons. The molecule has 194 valence electrons. The van der Waals surface area contributed by atoms with Crippen LogP contribution in [0.4, 0.5) is 27.6 Å². The minimum Gasteiger partial charge on any atom is -0.377 e. The molecule has 0 saturated carbocycles. The molecule has 35 heavy (non-hydrogen) atoms. The van der Waals surface area contributed by atoms with Crippen molar-refractivity contribution in [3.63, 3.8) is 0 Å². The lowest BCUT2D eigenvalue weighted by atomic mass is 10.0. The van der Waals surface area contributed by atoms with Crippen LogP contribution in [0.3, 0.4) is 0 Å². The van der Waals surface area contributed by atoms with E-state index in [2.05, 4.69) is 24.6 Å². The first-order valence-corrected chi connectivity index (χ1v) is 15.6. The zero-order chi connectivity index (χ0) is 25.4. The molecule has 2 aromatic heterocycles. The Morgan fingerprint density at radius 3 is 2.49 bits per heavy atom. The van der Waals surface area contributed by atoms with E-state index < -0.39 is 38.6 Å². The van der Waals surface area contributed by atoms with Crippen LogP contribution in [0.15, 0.2) is 18.3 Å². The van der Waals surface area contributed by atoms with Crippen LogP contribution >= 0.6 is 0 Å². The van der Waals surface area contributed by atoms with Crippen molar-refractivity contribution in [3.8, 4) is 0 Å². The molecule has 1 fully saturated rings. The van der Waals surface area contributed by atoms with Gasteiger partial charge in [-0.05, 0) is 24.1 Å². The predicted molar refractivity (Wildman–Crippen MR) is 129 cm³/mol. The second-order valence-corrected chi connectivity index (χ2v) is 16.1. The summed E-state index contributed by atoms with van der Waals surface area (Å²) in [5.74, 6) is -2.87. The second-order valence-electron chi connectivity index (χ2n) is 10.5. The number of halogens is 5. The van der Waals surface area contributed by atoms with Crippen molar-refractivity contribution in [3.05, 3.63) is 29.6 Å². The van der Waals surface area contributed by atoms with Gasteiger partial charge in [0.15, 0.2) is 0 Å². The fourth-order valence-electron chi connectivity index (χ4n) is 4.48. The standard InChI is InChI=1S/C24H32F5N3O2Si/c1-35(2,3)13-12-34-16-32-20(17-4-10-33-11-5-17)14-18-21(31-8-6-23(25,26)7-9-31)19(24(27,28)29)15-30-22(18)32/h4,14-15H,5-13,16H2,1-3H3. The number of anilines is 1. The van der Waals surface area contributed by atoms with E-state index in [-0.39, 0.29) is 25.5 Å². The van der Waals surface area contributed by atoms with Crippen LogP contribution in [0.5, 0.6) is 0 Å². The highest BCUT2D eigenvalue weighted by atomic mass is 28.3. The van der Waals surface area contributed by atoms with Crippen LogP contribution < -0.4 is 4.90 Å². The largest absolute Gasteiger partial charge is 0.419 e. The Labute approximate surface area is 202 Å². The number of rotatable bonds is 7. The molecule has 11 heteroatoms. The molecule has 0 bridgehead atoms. The average Bonchev–Trinajstić information content (AvgIpc) is 3.14. The molecule has 2 aromatic rings. The minimum absolute atomic E-state index is 0.0761. The first kappa shape index (κ1) is 26.1. The molecule has 5 nitrogen and oxygen atoms in total. The maximum absolute atomic E-state index is 14.0. The van der Waals surface area contributed by atoms with Gasteiger partial charge in [0.05, 0.1) is 24.5 Å². The van der Waals surface area contributed by atoms with E-state index in [4.69, 9.17) is 9.47 Å². The van der Waals surface area contributed by atoms with Crippen LogP contribution in [0.2, 0.25) is 25.7 Å². The Hall–Kier alpha value is -1.98. The lowest BCUT2D eigenvalue weighted by molar-refractivity contribution is -0.137. The zero-order valence-corrected chi connectivity index (χ0v) is 21.4. The van der Waals surface area contributed by atoms with E-state index in [1.807, 2.05) is 6.08 Å². The summed E-state index contributed by atoms with van der Waals surface area (Å²) in [7, 11) is -1.32. The molecule has 0 unspecified atom stereocenters. The molecule has 2 aliphatic heterocycles. The average molecular weight is 518 g/mol. The number of hydrogen-bond donors (Lipinski definition) is 0. The van der Waals surface area contributed by atoms with Gasteiger partial charge in [-0.15, -0.1) is 0 Å². The van der Waals surface area contributed by atoms with Crippen molar-refractivity contribution in [2.24, 2.45) is 0 Å². The maximum Gasteiger partial charge on any atom is 0.419 e. The summed E-state index contributed by atoms with van der Waals surface area (Å²) in [5.41, 5.74) is 1.06. The van der Waals surface area contributed by atoms with Gasteiger partial charge < -0.3 is 18.9 Å². The second kappa shape index (κ2) is 9.82. The molecule has 0 N–H and O–H groups in total. The number of ether oxygens (including phenoxy) is 2.